The van der Waals surface area contributed by atoms with E-state index in [-0.39, 0.29) is 4.84 Å². The lowest BCUT2D eigenvalue weighted by atomic mass is 10.2. The van der Waals surface area contributed by atoms with Gasteiger partial charge in [0.25, 0.3) is 10.7 Å². The molecular formula is C11H11N3O3S. The van der Waals surface area contributed by atoms with Gasteiger partial charge in [0.2, 0.25) is 5.91 Å². The lowest BCUT2D eigenvalue weighted by molar-refractivity contribution is -0.119. The van der Waals surface area contributed by atoms with Crippen LogP contribution >= 0.6 is 12.2 Å². The summed E-state index contributed by atoms with van der Waals surface area (Å²) in [4.78, 5) is 25.7. The Kier molecular flexibility index (Phi) is 3.15. The normalized spacial score (nSPS) is 12.3. The van der Waals surface area contributed by atoms with Gasteiger partial charge in [0, 0.05) is 5.56 Å². The van der Waals surface area contributed by atoms with E-state index >= 15 is 0 Å². The maximum absolute atomic E-state index is 11.8. The van der Waals surface area contributed by atoms with E-state index in [2.05, 4.69) is 10.3 Å². The van der Waals surface area contributed by atoms with Crippen LogP contribution < -0.4 is 11.1 Å². The van der Waals surface area contributed by atoms with Gasteiger partial charge >= 0.3 is 0 Å². The number of oxazole rings is 1. The topological polar surface area (TPSA) is 101 Å². The molecule has 0 saturated heterocycles. The molecule has 2 amide bonds. The number of primary amides is 1. The van der Waals surface area contributed by atoms with Gasteiger partial charge in [-0.2, -0.15) is 0 Å². The van der Waals surface area contributed by atoms with Crippen LogP contribution in [0.3, 0.4) is 0 Å². The van der Waals surface area contributed by atoms with Crippen LogP contribution in [0.1, 0.15) is 17.3 Å². The molecule has 0 unspecified atom stereocenters. The number of nitrogens with one attached hydrogen (secondary N) is 2. The van der Waals surface area contributed by atoms with E-state index in [1.54, 1.807) is 18.2 Å². The van der Waals surface area contributed by atoms with Crippen molar-refractivity contribution in [3.05, 3.63) is 28.6 Å². The lowest BCUT2D eigenvalue weighted by Gasteiger charge is -2.09. The van der Waals surface area contributed by atoms with Crippen molar-refractivity contribution in [3.8, 4) is 0 Å². The fourth-order valence-electron chi connectivity index (χ4n) is 1.44. The Labute approximate surface area is 107 Å². The molecule has 7 heteroatoms. The number of amides is 2. The van der Waals surface area contributed by atoms with Gasteiger partial charge in [0.1, 0.15) is 6.04 Å². The second-order valence-corrected chi connectivity index (χ2v) is 4.19. The monoisotopic (exact) mass is 265 g/mol. The summed E-state index contributed by atoms with van der Waals surface area (Å²) in [6.45, 7) is 1.51. The first-order chi connectivity index (χ1) is 8.47. The van der Waals surface area contributed by atoms with Crippen LogP contribution in [0.15, 0.2) is 22.6 Å². The van der Waals surface area contributed by atoms with E-state index < -0.39 is 17.9 Å². The Hall–Kier alpha value is -2.15. The standard InChI is InChI=1S/C11H11N3O3S/c1-5(9(12)15)13-10(16)6-2-3-7-8(4-6)17-11(18)14-7/h2-5H,1H3,(H2,12,15)(H,13,16)(H,14,18)/t5-/m0/s1. The average Bonchev–Trinajstić information content (AvgIpc) is 2.67. The van der Waals surface area contributed by atoms with Gasteiger partial charge in [0.05, 0.1) is 5.52 Å². The number of carbonyl (C=O) groups excluding carboxylic acids is 2. The van der Waals surface area contributed by atoms with Crippen LogP contribution in [-0.2, 0) is 4.79 Å². The molecular weight excluding hydrogens is 254 g/mol. The number of hydrogen-bond acceptors (Lipinski definition) is 4. The maximum Gasteiger partial charge on any atom is 0.266 e. The van der Waals surface area contributed by atoms with Crippen molar-refractivity contribution >= 4 is 35.1 Å². The summed E-state index contributed by atoms with van der Waals surface area (Å²) < 4.78 is 5.20. The Bertz CT molecular complexity index is 673. The third-order valence-corrected chi connectivity index (χ3v) is 2.64. The van der Waals surface area contributed by atoms with Gasteiger partial charge in [-0.25, -0.2) is 0 Å². The molecule has 0 radical (unpaired) electrons. The van der Waals surface area contributed by atoms with Crippen molar-refractivity contribution in [1.82, 2.24) is 10.3 Å². The van der Waals surface area contributed by atoms with E-state index in [9.17, 15) is 9.59 Å². The fourth-order valence-corrected chi connectivity index (χ4v) is 1.64. The number of H-pyrrole nitrogens is 1. The van der Waals surface area contributed by atoms with Crippen LogP contribution in [0.4, 0.5) is 0 Å². The second-order valence-electron chi connectivity index (χ2n) is 3.82. The van der Waals surface area contributed by atoms with Crippen molar-refractivity contribution < 1.29 is 14.0 Å². The summed E-state index contributed by atoms with van der Waals surface area (Å²) in [5.41, 5.74) is 6.63. The second kappa shape index (κ2) is 4.61. The average molecular weight is 265 g/mol. The molecule has 0 aliphatic rings. The minimum absolute atomic E-state index is 0.244. The van der Waals surface area contributed by atoms with E-state index in [0.717, 1.165) is 0 Å². The molecule has 2 aromatic rings. The molecule has 0 bridgehead atoms. The van der Waals surface area contributed by atoms with Gasteiger partial charge in [-0.05, 0) is 37.3 Å². The van der Waals surface area contributed by atoms with E-state index in [0.29, 0.717) is 16.7 Å². The molecule has 1 aromatic carbocycles. The number of aromatic amines is 1. The Morgan fingerprint density at radius 2 is 2.22 bits per heavy atom. The highest BCUT2D eigenvalue weighted by molar-refractivity contribution is 7.71. The Balaban J connectivity index is 2.27. The zero-order valence-electron chi connectivity index (χ0n) is 9.52. The highest BCUT2D eigenvalue weighted by atomic mass is 32.1. The maximum atomic E-state index is 11.8. The number of carbonyl (C=O) groups is 2. The summed E-state index contributed by atoms with van der Waals surface area (Å²) in [6.07, 6.45) is 0. The van der Waals surface area contributed by atoms with Crippen molar-refractivity contribution in [3.63, 3.8) is 0 Å². The molecule has 0 aliphatic heterocycles. The molecule has 1 heterocycles. The van der Waals surface area contributed by atoms with Gasteiger partial charge in [-0.15, -0.1) is 0 Å². The quantitative estimate of drug-likeness (QED) is 0.723. The highest BCUT2D eigenvalue weighted by Gasteiger charge is 2.14. The highest BCUT2D eigenvalue weighted by Crippen LogP contribution is 2.15. The smallest absolute Gasteiger partial charge is 0.266 e. The molecule has 0 aliphatic carbocycles. The summed E-state index contributed by atoms with van der Waals surface area (Å²) >= 11 is 4.84. The zero-order valence-corrected chi connectivity index (χ0v) is 10.3. The molecule has 6 nitrogen and oxygen atoms in total. The van der Waals surface area contributed by atoms with Crippen LogP contribution in [0, 0.1) is 4.84 Å². The van der Waals surface area contributed by atoms with Crippen molar-refractivity contribution in [1.29, 1.82) is 0 Å². The summed E-state index contributed by atoms with van der Waals surface area (Å²) in [7, 11) is 0. The van der Waals surface area contributed by atoms with Crippen molar-refractivity contribution in [2.24, 2.45) is 5.73 Å². The van der Waals surface area contributed by atoms with Gasteiger partial charge in [-0.3, -0.25) is 9.59 Å². The van der Waals surface area contributed by atoms with Crippen molar-refractivity contribution in [2.75, 3.05) is 0 Å². The molecule has 4 N–H and O–H groups in total. The molecule has 18 heavy (non-hydrogen) atoms. The van der Waals surface area contributed by atoms with Gasteiger partial charge in [0.15, 0.2) is 5.58 Å². The molecule has 0 spiro atoms. The number of rotatable bonds is 3. The fraction of sp³-hybridized carbons (Fsp3) is 0.182. The zero-order chi connectivity index (χ0) is 13.3. The van der Waals surface area contributed by atoms with Gasteiger partial charge < -0.3 is 20.5 Å². The first-order valence-electron chi connectivity index (χ1n) is 5.20. The first kappa shape index (κ1) is 12.3. The number of benzene rings is 1. The third-order valence-electron chi connectivity index (χ3n) is 2.46. The Morgan fingerprint density at radius 1 is 1.50 bits per heavy atom. The van der Waals surface area contributed by atoms with Crippen LogP contribution in [-0.4, -0.2) is 22.8 Å². The molecule has 2 rings (SSSR count). The van der Waals surface area contributed by atoms with Crippen molar-refractivity contribution in [2.45, 2.75) is 13.0 Å². The van der Waals surface area contributed by atoms with E-state index in [4.69, 9.17) is 22.4 Å². The first-order valence-corrected chi connectivity index (χ1v) is 5.61. The number of fused-ring (bicyclic) bond motifs is 1. The lowest BCUT2D eigenvalue weighted by Crippen LogP contribution is -2.42. The summed E-state index contributed by atoms with van der Waals surface area (Å²) in [5.74, 6) is -0.992. The van der Waals surface area contributed by atoms with Crippen LogP contribution in [0.25, 0.3) is 11.1 Å². The molecule has 0 fully saturated rings. The minimum Gasteiger partial charge on any atom is -0.429 e. The predicted molar refractivity (Wildman–Crippen MR) is 67.5 cm³/mol. The molecule has 0 saturated carbocycles. The number of nitrogens with two attached hydrogens (primary N) is 1. The van der Waals surface area contributed by atoms with Gasteiger partial charge in [-0.1, -0.05) is 0 Å². The third kappa shape index (κ3) is 2.40. The predicted octanol–water partition coefficient (Wildman–Crippen LogP) is 1.09. The number of aromatic nitrogens is 1. The molecule has 1 aromatic heterocycles. The summed E-state index contributed by atoms with van der Waals surface area (Å²) in [5, 5.41) is 2.48. The van der Waals surface area contributed by atoms with E-state index in [1.807, 2.05) is 0 Å². The largest absolute Gasteiger partial charge is 0.429 e. The molecule has 94 valence electrons. The number of hydrogen-bond donors (Lipinski definition) is 3. The minimum atomic E-state index is -0.731. The Morgan fingerprint density at radius 3 is 2.89 bits per heavy atom. The van der Waals surface area contributed by atoms with E-state index in [1.165, 1.54) is 6.92 Å². The summed E-state index contributed by atoms with van der Waals surface area (Å²) in [6, 6.07) is 4.10. The van der Waals surface area contributed by atoms with Crippen LogP contribution in [0.5, 0.6) is 0 Å². The SMILES string of the molecule is C[C@H](NC(=O)c1ccc2[nH]c(=S)oc2c1)C(N)=O. The molecule has 1 atom stereocenters. The van der Waals surface area contributed by atoms with Crippen LogP contribution in [0.2, 0.25) is 0 Å².